The van der Waals surface area contributed by atoms with Crippen LogP contribution in [-0.4, -0.2) is 31.1 Å². The molecule has 0 aliphatic heterocycles. The SMILES string of the molecule is Cc1cccc(OCC(=O)OCC(=O)N[C@H]2CCC[C@@H](C)[C@H]2C)c1. The van der Waals surface area contributed by atoms with Crippen LogP contribution in [0.1, 0.15) is 38.7 Å². The highest BCUT2D eigenvalue weighted by molar-refractivity contribution is 5.81. The fourth-order valence-corrected chi connectivity index (χ4v) is 3.07. The number of amides is 1. The van der Waals surface area contributed by atoms with Gasteiger partial charge in [-0.1, -0.05) is 38.8 Å². The maximum atomic E-state index is 12.0. The lowest BCUT2D eigenvalue weighted by Crippen LogP contribution is -2.45. The van der Waals surface area contributed by atoms with Gasteiger partial charge in [-0.05, 0) is 42.9 Å². The van der Waals surface area contributed by atoms with E-state index in [2.05, 4.69) is 19.2 Å². The van der Waals surface area contributed by atoms with Gasteiger partial charge >= 0.3 is 5.97 Å². The number of carbonyl (C=O) groups excluding carboxylic acids is 2. The third-order valence-electron chi connectivity index (χ3n) is 4.76. The normalized spacial score (nSPS) is 23.4. The summed E-state index contributed by atoms with van der Waals surface area (Å²) in [6.07, 6.45) is 3.32. The molecule has 3 atom stereocenters. The van der Waals surface area contributed by atoms with Gasteiger partial charge in [0.2, 0.25) is 0 Å². The highest BCUT2D eigenvalue weighted by atomic mass is 16.6. The molecule has 0 unspecified atom stereocenters. The lowest BCUT2D eigenvalue weighted by molar-refractivity contribution is -0.150. The first-order valence-corrected chi connectivity index (χ1v) is 8.60. The van der Waals surface area contributed by atoms with Gasteiger partial charge in [0.1, 0.15) is 5.75 Å². The number of aryl methyl sites for hydroxylation is 1. The molecule has 1 amide bonds. The number of esters is 1. The van der Waals surface area contributed by atoms with Crippen molar-refractivity contribution >= 4 is 11.9 Å². The summed E-state index contributed by atoms with van der Waals surface area (Å²) in [6.45, 7) is 5.87. The van der Waals surface area contributed by atoms with Gasteiger partial charge in [0.05, 0.1) is 0 Å². The minimum Gasteiger partial charge on any atom is -0.482 e. The van der Waals surface area contributed by atoms with Crippen LogP contribution in [0.4, 0.5) is 0 Å². The Morgan fingerprint density at radius 3 is 2.75 bits per heavy atom. The fourth-order valence-electron chi connectivity index (χ4n) is 3.07. The average Bonchev–Trinajstić information content (AvgIpc) is 2.55. The molecule has 5 heteroatoms. The van der Waals surface area contributed by atoms with Crippen molar-refractivity contribution in [1.29, 1.82) is 0 Å². The van der Waals surface area contributed by atoms with E-state index in [9.17, 15) is 9.59 Å². The predicted octanol–water partition coefficient (Wildman–Crippen LogP) is 2.86. The Morgan fingerprint density at radius 2 is 2.00 bits per heavy atom. The molecular formula is C19H27NO4. The van der Waals surface area contributed by atoms with Crippen molar-refractivity contribution in [2.45, 2.75) is 46.1 Å². The Balaban J connectivity index is 1.68. The maximum Gasteiger partial charge on any atom is 0.344 e. The van der Waals surface area contributed by atoms with E-state index >= 15 is 0 Å². The number of hydrogen-bond acceptors (Lipinski definition) is 4. The second-order valence-corrected chi connectivity index (χ2v) is 6.71. The smallest absolute Gasteiger partial charge is 0.344 e. The summed E-state index contributed by atoms with van der Waals surface area (Å²) in [6, 6.07) is 7.59. The van der Waals surface area contributed by atoms with Crippen LogP contribution in [0.5, 0.6) is 5.75 Å². The molecule has 1 aliphatic carbocycles. The van der Waals surface area contributed by atoms with Gasteiger partial charge in [-0.3, -0.25) is 4.79 Å². The Bertz CT molecular complexity index is 572. The van der Waals surface area contributed by atoms with Crippen LogP contribution in [0.2, 0.25) is 0 Å². The molecule has 1 aliphatic rings. The maximum absolute atomic E-state index is 12.0. The Kier molecular flexibility index (Phi) is 6.64. The third kappa shape index (κ3) is 5.55. The molecule has 1 fully saturated rings. The van der Waals surface area contributed by atoms with E-state index in [1.54, 1.807) is 6.07 Å². The van der Waals surface area contributed by atoms with Gasteiger partial charge in [0.15, 0.2) is 13.2 Å². The van der Waals surface area contributed by atoms with Crippen molar-refractivity contribution in [3.63, 3.8) is 0 Å². The van der Waals surface area contributed by atoms with Crippen LogP contribution in [-0.2, 0) is 14.3 Å². The van der Waals surface area contributed by atoms with Crippen molar-refractivity contribution in [3.05, 3.63) is 29.8 Å². The molecule has 1 aromatic carbocycles. The lowest BCUT2D eigenvalue weighted by Gasteiger charge is -2.34. The first kappa shape index (κ1) is 18.3. The molecule has 0 radical (unpaired) electrons. The zero-order chi connectivity index (χ0) is 17.5. The number of benzene rings is 1. The molecule has 1 N–H and O–H groups in total. The monoisotopic (exact) mass is 333 g/mol. The van der Waals surface area contributed by atoms with E-state index in [4.69, 9.17) is 9.47 Å². The average molecular weight is 333 g/mol. The van der Waals surface area contributed by atoms with E-state index in [1.807, 2.05) is 25.1 Å². The fraction of sp³-hybridized carbons (Fsp3) is 0.579. The highest BCUT2D eigenvalue weighted by Crippen LogP contribution is 2.29. The number of hydrogen-bond donors (Lipinski definition) is 1. The zero-order valence-electron chi connectivity index (χ0n) is 14.7. The van der Waals surface area contributed by atoms with E-state index in [0.29, 0.717) is 17.6 Å². The third-order valence-corrected chi connectivity index (χ3v) is 4.76. The summed E-state index contributed by atoms with van der Waals surface area (Å²) in [7, 11) is 0. The van der Waals surface area contributed by atoms with Crippen LogP contribution < -0.4 is 10.1 Å². The summed E-state index contributed by atoms with van der Waals surface area (Å²) in [5.74, 6) is 0.875. The molecule has 5 nitrogen and oxygen atoms in total. The van der Waals surface area contributed by atoms with E-state index in [1.165, 1.54) is 6.42 Å². The van der Waals surface area contributed by atoms with Crippen LogP contribution in [0.15, 0.2) is 24.3 Å². The van der Waals surface area contributed by atoms with Crippen molar-refractivity contribution in [2.24, 2.45) is 11.8 Å². The van der Waals surface area contributed by atoms with E-state index in [0.717, 1.165) is 18.4 Å². The highest BCUT2D eigenvalue weighted by Gasteiger charge is 2.28. The van der Waals surface area contributed by atoms with Crippen LogP contribution >= 0.6 is 0 Å². The minimum absolute atomic E-state index is 0.170. The molecule has 0 aromatic heterocycles. The zero-order valence-corrected chi connectivity index (χ0v) is 14.7. The molecule has 1 aromatic rings. The number of nitrogens with one attached hydrogen (secondary N) is 1. The van der Waals surface area contributed by atoms with Crippen LogP contribution in [0.25, 0.3) is 0 Å². The summed E-state index contributed by atoms with van der Waals surface area (Å²) in [5.41, 5.74) is 1.05. The van der Waals surface area contributed by atoms with Gasteiger partial charge in [-0.15, -0.1) is 0 Å². The first-order chi connectivity index (χ1) is 11.5. The molecule has 0 heterocycles. The first-order valence-electron chi connectivity index (χ1n) is 8.60. The molecule has 0 saturated heterocycles. The predicted molar refractivity (Wildman–Crippen MR) is 91.7 cm³/mol. The quantitative estimate of drug-likeness (QED) is 0.813. The lowest BCUT2D eigenvalue weighted by atomic mass is 9.78. The minimum atomic E-state index is -0.545. The van der Waals surface area contributed by atoms with Crippen molar-refractivity contribution in [3.8, 4) is 5.75 Å². The molecule has 0 spiro atoms. The standard InChI is InChI=1S/C19H27NO4/c1-13-6-4-8-16(10-13)23-12-19(22)24-11-18(21)20-17-9-5-7-14(2)15(17)3/h4,6,8,10,14-15,17H,5,7,9,11-12H2,1-3H3,(H,20,21)/t14-,15-,17+/m1/s1. The molecule has 0 bridgehead atoms. The van der Waals surface area contributed by atoms with Crippen molar-refractivity contribution in [2.75, 3.05) is 13.2 Å². The number of carbonyl (C=O) groups is 2. The molecule has 1 saturated carbocycles. The Hall–Kier alpha value is -2.04. The summed E-state index contributed by atoms with van der Waals surface area (Å²) in [4.78, 5) is 23.6. The van der Waals surface area contributed by atoms with Crippen LogP contribution in [0.3, 0.4) is 0 Å². The van der Waals surface area contributed by atoms with Gasteiger partial charge in [0, 0.05) is 6.04 Å². The second-order valence-electron chi connectivity index (χ2n) is 6.71. The summed E-state index contributed by atoms with van der Waals surface area (Å²) >= 11 is 0. The topological polar surface area (TPSA) is 64.6 Å². The van der Waals surface area contributed by atoms with Crippen molar-refractivity contribution < 1.29 is 19.1 Å². The number of ether oxygens (including phenoxy) is 2. The van der Waals surface area contributed by atoms with Crippen LogP contribution in [0, 0.1) is 18.8 Å². The molecule has 132 valence electrons. The van der Waals surface area contributed by atoms with E-state index < -0.39 is 5.97 Å². The van der Waals surface area contributed by atoms with Gasteiger partial charge in [-0.25, -0.2) is 4.79 Å². The Labute approximate surface area is 143 Å². The van der Waals surface area contributed by atoms with Gasteiger partial charge < -0.3 is 14.8 Å². The summed E-state index contributed by atoms with van der Waals surface area (Å²) in [5, 5.41) is 2.98. The van der Waals surface area contributed by atoms with E-state index in [-0.39, 0.29) is 25.2 Å². The molecule has 2 rings (SSSR count). The molecule has 24 heavy (non-hydrogen) atoms. The largest absolute Gasteiger partial charge is 0.482 e. The Morgan fingerprint density at radius 1 is 1.21 bits per heavy atom. The number of rotatable bonds is 6. The van der Waals surface area contributed by atoms with Crippen molar-refractivity contribution in [1.82, 2.24) is 5.32 Å². The van der Waals surface area contributed by atoms with Gasteiger partial charge in [-0.2, -0.15) is 0 Å². The van der Waals surface area contributed by atoms with Gasteiger partial charge in [0.25, 0.3) is 5.91 Å². The summed E-state index contributed by atoms with van der Waals surface area (Å²) < 4.78 is 10.3. The molecular weight excluding hydrogens is 306 g/mol. The second kappa shape index (κ2) is 8.71.